The van der Waals surface area contributed by atoms with Crippen LogP contribution in [0.4, 0.5) is 4.79 Å². The summed E-state index contributed by atoms with van der Waals surface area (Å²) in [4.78, 5) is 26.7. The summed E-state index contributed by atoms with van der Waals surface area (Å²) in [5, 5.41) is 13.8. The normalized spacial score (nSPS) is 27.9. The fraction of sp³-hybridized carbons (Fsp3) is 0.619. The SMILES string of the molecule is CC1CC(C)(C)CC2(C1)NC(=O)N(CC(O)COCc1ccccc1Cl)C2=O. The number of rotatable bonds is 6. The molecule has 1 heterocycles. The predicted octanol–water partition coefficient (Wildman–Crippen LogP) is 3.35. The van der Waals surface area contributed by atoms with Crippen LogP contribution in [0.1, 0.15) is 45.6 Å². The van der Waals surface area contributed by atoms with Gasteiger partial charge < -0.3 is 15.2 Å². The number of urea groups is 1. The van der Waals surface area contributed by atoms with Gasteiger partial charge in [-0.3, -0.25) is 9.69 Å². The van der Waals surface area contributed by atoms with Crippen molar-refractivity contribution in [1.29, 1.82) is 0 Å². The Balaban J connectivity index is 1.57. The minimum absolute atomic E-state index is 0.0111. The van der Waals surface area contributed by atoms with E-state index in [4.69, 9.17) is 16.3 Å². The number of β-amino-alcohol motifs (C(OH)–C–C–N with tert-alkyl or cyclic N) is 1. The number of halogens is 1. The second-order valence-electron chi connectivity index (χ2n) is 9.04. The maximum Gasteiger partial charge on any atom is 0.325 e. The van der Waals surface area contributed by atoms with Crippen LogP contribution in [-0.4, -0.2) is 46.7 Å². The average Bonchev–Trinajstić information content (AvgIpc) is 2.78. The van der Waals surface area contributed by atoms with Gasteiger partial charge in [0.15, 0.2) is 0 Å². The molecule has 1 aromatic carbocycles. The number of nitrogens with one attached hydrogen (secondary N) is 1. The van der Waals surface area contributed by atoms with E-state index in [-0.39, 0.29) is 31.1 Å². The molecule has 7 heteroatoms. The van der Waals surface area contributed by atoms with Gasteiger partial charge in [-0.15, -0.1) is 0 Å². The first-order valence-electron chi connectivity index (χ1n) is 9.75. The highest BCUT2D eigenvalue weighted by Gasteiger charge is 2.56. The molecule has 2 N–H and O–H groups in total. The summed E-state index contributed by atoms with van der Waals surface area (Å²) >= 11 is 6.08. The van der Waals surface area contributed by atoms with E-state index >= 15 is 0 Å². The number of aliphatic hydroxyl groups excluding tert-OH is 1. The summed E-state index contributed by atoms with van der Waals surface area (Å²) in [5.41, 5.74) is -0.0484. The number of ether oxygens (including phenoxy) is 1. The maximum atomic E-state index is 13.1. The Hall–Kier alpha value is -1.63. The largest absolute Gasteiger partial charge is 0.389 e. The summed E-state index contributed by atoms with van der Waals surface area (Å²) in [5.74, 6) is 0.110. The van der Waals surface area contributed by atoms with Gasteiger partial charge in [-0.1, -0.05) is 50.6 Å². The molecule has 1 aliphatic carbocycles. The first-order valence-corrected chi connectivity index (χ1v) is 10.1. The number of benzene rings is 1. The van der Waals surface area contributed by atoms with Gasteiger partial charge in [0.05, 0.1) is 25.9 Å². The zero-order chi connectivity index (χ0) is 20.5. The average molecular weight is 409 g/mol. The highest BCUT2D eigenvalue weighted by Crippen LogP contribution is 2.46. The molecule has 1 aromatic rings. The molecule has 1 spiro atoms. The van der Waals surface area contributed by atoms with Gasteiger partial charge in [0.25, 0.3) is 5.91 Å². The molecule has 0 bridgehead atoms. The standard InChI is InChI=1S/C21H29ClN2O4/c1-14-8-20(2,3)13-21(9-14)18(26)24(19(27)23-21)10-16(25)12-28-11-15-6-4-5-7-17(15)22/h4-7,14,16,25H,8-13H2,1-3H3,(H,23,27). The molecule has 3 atom stereocenters. The second kappa shape index (κ2) is 8.01. The number of hydrogen-bond donors (Lipinski definition) is 2. The Morgan fingerprint density at radius 1 is 1.32 bits per heavy atom. The summed E-state index contributed by atoms with van der Waals surface area (Å²) in [6.45, 7) is 6.56. The molecule has 0 radical (unpaired) electrons. The van der Waals surface area contributed by atoms with Gasteiger partial charge in [-0.05, 0) is 42.2 Å². The number of aliphatic hydroxyl groups is 1. The number of hydrogen-bond acceptors (Lipinski definition) is 4. The number of carbonyl (C=O) groups excluding carboxylic acids is 2. The van der Waals surface area contributed by atoms with Crippen molar-refractivity contribution in [2.45, 2.75) is 58.3 Å². The molecule has 28 heavy (non-hydrogen) atoms. The highest BCUT2D eigenvalue weighted by molar-refractivity contribution is 6.31. The highest BCUT2D eigenvalue weighted by atomic mass is 35.5. The fourth-order valence-corrected chi connectivity index (χ4v) is 5.05. The van der Waals surface area contributed by atoms with E-state index in [1.54, 1.807) is 6.07 Å². The quantitative estimate of drug-likeness (QED) is 0.707. The third kappa shape index (κ3) is 4.50. The summed E-state index contributed by atoms with van der Waals surface area (Å²) in [6.07, 6.45) is 1.32. The van der Waals surface area contributed by atoms with Crippen LogP contribution in [0.15, 0.2) is 24.3 Å². The lowest BCUT2D eigenvalue weighted by Crippen LogP contribution is -2.54. The second-order valence-corrected chi connectivity index (χ2v) is 9.45. The zero-order valence-electron chi connectivity index (χ0n) is 16.7. The van der Waals surface area contributed by atoms with E-state index < -0.39 is 17.7 Å². The van der Waals surface area contributed by atoms with E-state index in [0.29, 0.717) is 23.8 Å². The monoisotopic (exact) mass is 408 g/mol. The predicted molar refractivity (Wildman–Crippen MR) is 107 cm³/mol. The lowest BCUT2D eigenvalue weighted by molar-refractivity contribution is -0.136. The molecule has 1 aliphatic heterocycles. The van der Waals surface area contributed by atoms with Crippen LogP contribution in [0.25, 0.3) is 0 Å². The van der Waals surface area contributed by atoms with Crippen molar-refractivity contribution < 1.29 is 19.4 Å². The maximum absolute atomic E-state index is 13.1. The van der Waals surface area contributed by atoms with Crippen molar-refractivity contribution in [1.82, 2.24) is 10.2 Å². The Morgan fingerprint density at radius 3 is 2.71 bits per heavy atom. The smallest absolute Gasteiger partial charge is 0.325 e. The Labute approximate surface area is 171 Å². The Kier molecular flexibility index (Phi) is 6.03. The van der Waals surface area contributed by atoms with Gasteiger partial charge in [-0.25, -0.2) is 4.79 Å². The number of nitrogens with zero attached hydrogens (tertiary/aromatic N) is 1. The van der Waals surface area contributed by atoms with Gasteiger partial charge in [0.2, 0.25) is 0 Å². The third-order valence-electron chi connectivity index (χ3n) is 5.54. The Bertz CT molecular complexity index is 754. The van der Waals surface area contributed by atoms with Crippen molar-refractivity contribution in [3.8, 4) is 0 Å². The lowest BCUT2D eigenvalue weighted by Gasteiger charge is -2.43. The fourth-order valence-electron chi connectivity index (χ4n) is 4.86. The molecule has 6 nitrogen and oxygen atoms in total. The van der Waals surface area contributed by atoms with Crippen molar-refractivity contribution in [3.63, 3.8) is 0 Å². The number of imide groups is 1. The molecule has 2 aliphatic rings. The first kappa shape index (κ1) is 21.1. The third-order valence-corrected chi connectivity index (χ3v) is 5.91. The molecule has 3 unspecified atom stereocenters. The van der Waals surface area contributed by atoms with Crippen LogP contribution in [0.5, 0.6) is 0 Å². The molecular formula is C21H29ClN2O4. The molecule has 3 amide bonds. The molecule has 2 fully saturated rings. The van der Waals surface area contributed by atoms with Gasteiger partial charge in [0.1, 0.15) is 5.54 Å². The number of carbonyl (C=O) groups is 2. The number of amides is 3. The minimum Gasteiger partial charge on any atom is -0.389 e. The van der Waals surface area contributed by atoms with Gasteiger partial charge >= 0.3 is 6.03 Å². The Morgan fingerprint density at radius 2 is 2.04 bits per heavy atom. The van der Waals surface area contributed by atoms with E-state index in [2.05, 4.69) is 26.1 Å². The molecule has 0 aromatic heterocycles. The van der Waals surface area contributed by atoms with Gasteiger partial charge in [-0.2, -0.15) is 0 Å². The van der Waals surface area contributed by atoms with E-state index in [1.165, 1.54) is 0 Å². The van der Waals surface area contributed by atoms with Crippen LogP contribution < -0.4 is 5.32 Å². The van der Waals surface area contributed by atoms with E-state index in [0.717, 1.165) is 16.9 Å². The van der Waals surface area contributed by atoms with Crippen molar-refractivity contribution in [3.05, 3.63) is 34.9 Å². The lowest BCUT2D eigenvalue weighted by atomic mass is 9.64. The van der Waals surface area contributed by atoms with Crippen molar-refractivity contribution in [2.75, 3.05) is 13.2 Å². The molecule has 1 saturated carbocycles. The van der Waals surface area contributed by atoms with Gasteiger partial charge in [0, 0.05) is 5.02 Å². The molecule has 1 saturated heterocycles. The first-order chi connectivity index (χ1) is 13.1. The van der Waals surface area contributed by atoms with E-state index in [9.17, 15) is 14.7 Å². The van der Waals surface area contributed by atoms with Crippen molar-refractivity contribution >= 4 is 23.5 Å². The van der Waals surface area contributed by atoms with Crippen LogP contribution in [0, 0.1) is 11.3 Å². The van der Waals surface area contributed by atoms with Crippen molar-refractivity contribution in [2.24, 2.45) is 11.3 Å². The molecule has 3 rings (SSSR count). The summed E-state index contributed by atoms with van der Waals surface area (Å²) in [6, 6.07) is 6.89. The van der Waals surface area contributed by atoms with E-state index in [1.807, 2.05) is 18.2 Å². The minimum atomic E-state index is -0.957. The van der Waals surface area contributed by atoms with Crippen LogP contribution in [0.3, 0.4) is 0 Å². The summed E-state index contributed by atoms with van der Waals surface area (Å²) < 4.78 is 5.53. The van der Waals surface area contributed by atoms with Crippen LogP contribution in [-0.2, 0) is 16.1 Å². The van der Waals surface area contributed by atoms with Crippen LogP contribution >= 0.6 is 11.6 Å². The molecular weight excluding hydrogens is 380 g/mol. The topological polar surface area (TPSA) is 78.9 Å². The van der Waals surface area contributed by atoms with Crippen LogP contribution in [0.2, 0.25) is 5.02 Å². The zero-order valence-corrected chi connectivity index (χ0v) is 17.5. The summed E-state index contributed by atoms with van der Waals surface area (Å²) in [7, 11) is 0. The molecule has 154 valence electrons.